The van der Waals surface area contributed by atoms with E-state index in [0.29, 0.717) is 37.0 Å². The van der Waals surface area contributed by atoms with Crippen molar-refractivity contribution < 1.29 is 19.4 Å². The van der Waals surface area contributed by atoms with Gasteiger partial charge in [-0.15, -0.1) is 11.3 Å². The van der Waals surface area contributed by atoms with E-state index in [1.54, 1.807) is 0 Å². The first-order chi connectivity index (χ1) is 10.1. The Bertz CT molecular complexity index is 545. The highest BCUT2D eigenvalue weighted by atomic mass is 32.1. The van der Waals surface area contributed by atoms with Crippen molar-refractivity contribution in [1.82, 2.24) is 4.90 Å². The highest BCUT2D eigenvalue weighted by Gasteiger charge is 2.36. The number of carboxylic acid groups (broad SMARTS) is 1. The van der Waals surface area contributed by atoms with Gasteiger partial charge in [0.1, 0.15) is 6.04 Å². The summed E-state index contributed by atoms with van der Waals surface area (Å²) in [5.41, 5.74) is 1.08. The van der Waals surface area contributed by atoms with Crippen molar-refractivity contribution in [3.63, 3.8) is 0 Å². The summed E-state index contributed by atoms with van der Waals surface area (Å²) < 4.78 is 5.40. The van der Waals surface area contributed by atoms with Crippen LogP contribution in [-0.2, 0) is 22.6 Å². The molecule has 0 aliphatic carbocycles. The zero-order valence-electron chi connectivity index (χ0n) is 12.0. The Hall–Kier alpha value is -1.40. The lowest BCUT2D eigenvalue weighted by atomic mass is 9.92. The molecular formula is C15H19NO4S. The summed E-state index contributed by atoms with van der Waals surface area (Å²) in [5.74, 6) is -0.701. The number of fused-ring (bicyclic) bond motifs is 1. The Kier molecular flexibility index (Phi) is 3.99. The largest absolute Gasteiger partial charge is 0.480 e. The van der Waals surface area contributed by atoms with Gasteiger partial charge in [0.15, 0.2) is 0 Å². The lowest BCUT2D eigenvalue weighted by Gasteiger charge is -2.35. The number of hydrogen-bond acceptors (Lipinski definition) is 4. The number of amides is 1. The Labute approximate surface area is 127 Å². The van der Waals surface area contributed by atoms with Gasteiger partial charge in [-0.2, -0.15) is 0 Å². The second kappa shape index (κ2) is 5.77. The van der Waals surface area contributed by atoms with Crippen LogP contribution in [0.4, 0.5) is 0 Å². The predicted molar refractivity (Wildman–Crippen MR) is 78.5 cm³/mol. The van der Waals surface area contributed by atoms with Gasteiger partial charge in [-0.25, -0.2) is 4.79 Å². The third-order valence-corrected chi connectivity index (χ3v) is 5.47. The molecule has 1 aromatic heterocycles. The molecule has 21 heavy (non-hydrogen) atoms. The summed E-state index contributed by atoms with van der Waals surface area (Å²) in [6.07, 6.45) is 2.24. The number of carboxylic acids is 1. The standard InChI is InChI=1S/C15H19NO4S/c1-9-2-4-16(11(6-9)15(18)19)14(17)13-7-10-8-20-5-3-12(10)21-13/h7,9,11H,2-6,8H2,1H3,(H,18,19). The zero-order valence-corrected chi connectivity index (χ0v) is 12.8. The first-order valence-electron chi connectivity index (χ1n) is 7.29. The molecule has 0 bridgehead atoms. The van der Waals surface area contributed by atoms with Gasteiger partial charge in [-0.3, -0.25) is 4.79 Å². The average molecular weight is 309 g/mol. The third-order valence-electron chi connectivity index (χ3n) is 4.25. The highest BCUT2D eigenvalue weighted by Crippen LogP contribution is 2.30. The molecule has 1 saturated heterocycles. The van der Waals surface area contributed by atoms with Crippen molar-refractivity contribution >= 4 is 23.2 Å². The molecule has 1 N–H and O–H groups in total. The molecule has 0 radical (unpaired) electrons. The second-order valence-corrected chi connectivity index (χ2v) is 6.98. The number of aliphatic carboxylic acids is 1. The minimum atomic E-state index is -0.903. The number of ether oxygens (including phenoxy) is 1. The highest BCUT2D eigenvalue weighted by molar-refractivity contribution is 7.14. The molecule has 2 aliphatic rings. The summed E-state index contributed by atoms with van der Waals surface area (Å²) in [6.45, 7) is 3.81. The van der Waals surface area contributed by atoms with Gasteiger partial charge in [-0.05, 0) is 30.4 Å². The number of piperidine rings is 1. The van der Waals surface area contributed by atoms with E-state index in [4.69, 9.17) is 4.74 Å². The van der Waals surface area contributed by atoms with Crippen LogP contribution in [0.15, 0.2) is 6.07 Å². The minimum Gasteiger partial charge on any atom is -0.480 e. The number of likely N-dealkylation sites (tertiary alicyclic amines) is 1. The van der Waals surface area contributed by atoms with Crippen LogP contribution in [-0.4, -0.2) is 41.1 Å². The van der Waals surface area contributed by atoms with Crippen LogP contribution in [0, 0.1) is 5.92 Å². The molecule has 3 rings (SSSR count). The average Bonchev–Trinajstić information content (AvgIpc) is 2.90. The Balaban J connectivity index is 1.83. The van der Waals surface area contributed by atoms with Gasteiger partial charge < -0.3 is 14.7 Å². The number of hydrogen-bond donors (Lipinski definition) is 1. The van der Waals surface area contributed by atoms with Crippen LogP contribution in [0.1, 0.15) is 39.9 Å². The number of rotatable bonds is 2. The normalized spacial score (nSPS) is 25.5. The maximum Gasteiger partial charge on any atom is 0.326 e. The van der Waals surface area contributed by atoms with E-state index in [0.717, 1.165) is 18.4 Å². The van der Waals surface area contributed by atoms with E-state index < -0.39 is 12.0 Å². The first-order valence-corrected chi connectivity index (χ1v) is 8.11. The van der Waals surface area contributed by atoms with Crippen molar-refractivity contribution in [2.24, 2.45) is 5.92 Å². The maximum atomic E-state index is 12.7. The summed E-state index contributed by atoms with van der Waals surface area (Å²) in [4.78, 5) is 27.5. The molecule has 1 amide bonds. The molecule has 6 heteroatoms. The number of carbonyl (C=O) groups excluding carboxylic acids is 1. The first kappa shape index (κ1) is 14.5. The lowest BCUT2D eigenvalue weighted by Crippen LogP contribution is -2.49. The van der Waals surface area contributed by atoms with Crippen LogP contribution in [0.25, 0.3) is 0 Å². The fourth-order valence-electron chi connectivity index (χ4n) is 3.01. The maximum absolute atomic E-state index is 12.7. The molecule has 1 fully saturated rings. The van der Waals surface area contributed by atoms with E-state index >= 15 is 0 Å². The fraction of sp³-hybridized carbons (Fsp3) is 0.600. The molecule has 0 aromatic carbocycles. The molecule has 3 heterocycles. The molecule has 1 aromatic rings. The topological polar surface area (TPSA) is 66.8 Å². The van der Waals surface area contributed by atoms with Gasteiger partial charge in [0.2, 0.25) is 0 Å². The van der Waals surface area contributed by atoms with E-state index in [2.05, 4.69) is 0 Å². The van der Waals surface area contributed by atoms with E-state index in [1.165, 1.54) is 21.1 Å². The summed E-state index contributed by atoms with van der Waals surface area (Å²) >= 11 is 1.49. The lowest BCUT2D eigenvalue weighted by molar-refractivity contribution is -0.144. The van der Waals surface area contributed by atoms with E-state index in [-0.39, 0.29) is 5.91 Å². The summed E-state index contributed by atoms with van der Waals surface area (Å²) in [5, 5.41) is 9.37. The van der Waals surface area contributed by atoms with Gasteiger partial charge >= 0.3 is 5.97 Å². The van der Waals surface area contributed by atoms with Crippen LogP contribution in [0.2, 0.25) is 0 Å². The fourth-order valence-corrected chi connectivity index (χ4v) is 4.12. The van der Waals surface area contributed by atoms with Crippen LogP contribution >= 0.6 is 11.3 Å². The number of thiophene rings is 1. The summed E-state index contributed by atoms with van der Waals surface area (Å²) in [6, 6.07) is 1.18. The van der Waals surface area contributed by atoms with Crippen molar-refractivity contribution in [3.8, 4) is 0 Å². The Morgan fingerprint density at radius 2 is 2.29 bits per heavy atom. The van der Waals surface area contributed by atoms with Crippen LogP contribution in [0.3, 0.4) is 0 Å². The minimum absolute atomic E-state index is 0.145. The van der Waals surface area contributed by atoms with Crippen molar-refractivity contribution in [1.29, 1.82) is 0 Å². The van der Waals surface area contributed by atoms with Gasteiger partial charge in [-0.1, -0.05) is 6.92 Å². The zero-order chi connectivity index (χ0) is 15.0. The second-order valence-electron chi connectivity index (χ2n) is 5.84. The predicted octanol–water partition coefficient (Wildman–Crippen LogP) is 2.15. The smallest absolute Gasteiger partial charge is 0.326 e. The van der Waals surface area contributed by atoms with Crippen molar-refractivity contribution in [2.75, 3.05) is 13.2 Å². The molecule has 0 saturated carbocycles. The van der Waals surface area contributed by atoms with Gasteiger partial charge in [0.25, 0.3) is 5.91 Å². The van der Waals surface area contributed by atoms with Crippen LogP contribution < -0.4 is 0 Å². The Morgan fingerprint density at radius 3 is 3.00 bits per heavy atom. The molecular weight excluding hydrogens is 290 g/mol. The van der Waals surface area contributed by atoms with Crippen LogP contribution in [0.5, 0.6) is 0 Å². The van der Waals surface area contributed by atoms with E-state index in [1.807, 2.05) is 13.0 Å². The summed E-state index contributed by atoms with van der Waals surface area (Å²) in [7, 11) is 0. The Morgan fingerprint density at radius 1 is 1.48 bits per heavy atom. The van der Waals surface area contributed by atoms with Gasteiger partial charge in [0, 0.05) is 17.8 Å². The number of carbonyl (C=O) groups is 2. The van der Waals surface area contributed by atoms with Gasteiger partial charge in [0.05, 0.1) is 18.1 Å². The van der Waals surface area contributed by atoms with Crippen molar-refractivity contribution in [3.05, 3.63) is 21.4 Å². The molecule has 5 nitrogen and oxygen atoms in total. The molecule has 2 aliphatic heterocycles. The SMILES string of the molecule is CC1CCN(C(=O)c2cc3c(s2)CCOC3)C(C(=O)O)C1. The van der Waals surface area contributed by atoms with Crippen molar-refractivity contribution in [2.45, 2.75) is 38.8 Å². The monoisotopic (exact) mass is 309 g/mol. The molecule has 0 spiro atoms. The third kappa shape index (κ3) is 2.82. The molecule has 2 unspecified atom stereocenters. The number of nitrogens with zero attached hydrogens (tertiary/aromatic N) is 1. The molecule has 114 valence electrons. The van der Waals surface area contributed by atoms with E-state index in [9.17, 15) is 14.7 Å². The molecule has 2 atom stereocenters. The quantitative estimate of drug-likeness (QED) is 0.909.